The minimum atomic E-state index is 0.0241. The molecule has 2 N–H and O–H groups in total. The van der Waals surface area contributed by atoms with Gasteiger partial charge in [0.05, 0.1) is 0 Å². The topological polar surface area (TPSA) is 44.9 Å². The molecule has 3 rings (SSSR count). The number of thiazole rings is 1. The first-order chi connectivity index (χ1) is 9.22. The first-order valence-corrected chi connectivity index (χ1v) is 8.43. The lowest BCUT2D eigenvalue weighted by Crippen LogP contribution is -2.17. The van der Waals surface area contributed by atoms with Crippen LogP contribution in [0.4, 0.5) is 0 Å². The third-order valence-electron chi connectivity index (χ3n) is 3.61. The van der Waals surface area contributed by atoms with Crippen LogP contribution in [-0.4, -0.2) is 4.98 Å². The average Bonchev–Trinajstić information content (AvgIpc) is 3.01. The predicted octanol–water partition coefficient (Wildman–Crippen LogP) is 3.23. The molecule has 0 radical (unpaired) electrons. The third-order valence-corrected chi connectivity index (χ3v) is 5.75. The lowest BCUT2D eigenvalue weighted by molar-refractivity contribution is 0.576. The van der Waals surface area contributed by atoms with Crippen LogP contribution in [0.25, 0.3) is 0 Å². The van der Waals surface area contributed by atoms with Crippen LogP contribution >= 0.6 is 22.7 Å². The molecule has 0 amide bonds. The number of thiophene rings is 1. The molecular weight excluding hydrogens is 276 g/mol. The number of rotatable bonds is 4. The van der Waals surface area contributed by atoms with Gasteiger partial charge in [0, 0.05) is 33.4 Å². The van der Waals surface area contributed by atoms with Gasteiger partial charge in [0.15, 0.2) is 0 Å². The van der Waals surface area contributed by atoms with Gasteiger partial charge in [-0.2, -0.15) is 0 Å². The molecule has 19 heavy (non-hydrogen) atoms. The molecule has 0 spiro atoms. The molecule has 1 aliphatic carbocycles. The maximum Gasteiger partial charge on any atom is 0.304 e. The maximum absolute atomic E-state index is 11.1. The number of aromatic amines is 1. The Morgan fingerprint density at radius 3 is 3.00 bits per heavy atom. The molecule has 102 valence electrons. The molecule has 0 saturated carbocycles. The molecule has 0 aliphatic heterocycles. The van der Waals surface area contributed by atoms with Gasteiger partial charge in [0.2, 0.25) is 0 Å². The van der Waals surface area contributed by atoms with Gasteiger partial charge in [-0.3, -0.25) is 4.79 Å². The predicted molar refractivity (Wildman–Crippen MR) is 81.2 cm³/mol. The van der Waals surface area contributed by atoms with Crippen molar-refractivity contribution in [2.75, 3.05) is 0 Å². The van der Waals surface area contributed by atoms with Crippen molar-refractivity contribution in [2.24, 2.45) is 0 Å². The Labute approximate surface area is 120 Å². The van der Waals surface area contributed by atoms with E-state index in [1.54, 1.807) is 10.4 Å². The summed E-state index contributed by atoms with van der Waals surface area (Å²) in [6.07, 6.45) is 5.17. The Morgan fingerprint density at radius 1 is 1.42 bits per heavy atom. The maximum atomic E-state index is 11.1. The van der Waals surface area contributed by atoms with Crippen LogP contribution in [0, 0.1) is 0 Å². The van der Waals surface area contributed by atoms with Crippen molar-refractivity contribution < 1.29 is 0 Å². The van der Waals surface area contributed by atoms with Crippen molar-refractivity contribution in [3.05, 3.63) is 42.1 Å². The number of hydrogen-bond acceptors (Lipinski definition) is 4. The second-order valence-electron chi connectivity index (χ2n) is 5.08. The van der Waals surface area contributed by atoms with E-state index in [0.717, 1.165) is 12.2 Å². The fourth-order valence-electron chi connectivity index (χ4n) is 2.49. The Hall–Kier alpha value is -0.910. The van der Waals surface area contributed by atoms with Gasteiger partial charge in [-0.05, 0) is 44.2 Å². The summed E-state index contributed by atoms with van der Waals surface area (Å²) in [6, 6.07) is 2.71. The van der Waals surface area contributed by atoms with Crippen molar-refractivity contribution in [1.29, 1.82) is 0 Å². The van der Waals surface area contributed by atoms with Gasteiger partial charge in [-0.25, -0.2) is 0 Å². The third kappa shape index (κ3) is 2.99. The highest BCUT2D eigenvalue weighted by Gasteiger charge is 2.16. The molecule has 0 saturated heterocycles. The van der Waals surface area contributed by atoms with E-state index in [-0.39, 0.29) is 4.87 Å². The minimum Gasteiger partial charge on any atom is -0.315 e. The Balaban J connectivity index is 1.65. The summed E-state index contributed by atoms with van der Waals surface area (Å²) < 4.78 is 0. The Morgan fingerprint density at radius 2 is 2.26 bits per heavy atom. The molecule has 0 aromatic carbocycles. The summed E-state index contributed by atoms with van der Waals surface area (Å²) in [5.41, 5.74) is 2.53. The molecule has 1 aliphatic rings. The number of hydrogen-bond donors (Lipinski definition) is 2. The van der Waals surface area contributed by atoms with E-state index < -0.39 is 0 Å². The summed E-state index contributed by atoms with van der Waals surface area (Å²) in [4.78, 5) is 16.9. The lowest BCUT2D eigenvalue weighted by atomic mass is 9.99. The molecule has 2 aromatic heterocycles. The fraction of sp³-hybridized carbons (Fsp3) is 0.500. The van der Waals surface area contributed by atoms with Crippen LogP contribution in [-0.2, 0) is 19.4 Å². The van der Waals surface area contributed by atoms with Crippen LogP contribution in [0.2, 0.25) is 0 Å². The zero-order valence-electron chi connectivity index (χ0n) is 11.0. The van der Waals surface area contributed by atoms with Gasteiger partial charge >= 0.3 is 4.87 Å². The van der Waals surface area contributed by atoms with Gasteiger partial charge < -0.3 is 10.3 Å². The molecule has 1 atom stereocenters. The lowest BCUT2D eigenvalue weighted by Gasteiger charge is -2.10. The van der Waals surface area contributed by atoms with Gasteiger partial charge in [-0.15, -0.1) is 11.3 Å². The summed E-state index contributed by atoms with van der Waals surface area (Å²) in [5, 5.41) is 5.37. The van der Waals surface area contributed by atoms with E-state index in [1.807, 2.05) is 16.7 Å². The van der Waals surface area contributed by atoms with Crippen LogP contribution in [0.5, 0.6) is 0 Å². The van der Waals surface area contributed by atoms with Crippen molar-refractivity contribution in [1.82, 2.24) is 10.3 Å². The molecule has 3 nitrogen and oxygen atoms in total. The van der Waals surface area contributed by atoms with Gasteiger partial charge in [0.25, 0.3) is 0 Å². The summed E-state index contributed by atoms with van der Waals surface area (Å²) in [5.74, 6) is 0. The van der Waals surface area contributed by atoms with E-state index in [9.17, 15) is 4.79 Å². The van der Waals surface area contributed by atoms with Crippen molar-refractivity contribution in [3.63, 3.8) is 0 Å². The van der Waals surface area contributed by atoms with Crippen LogP contribution in [0.1, 0.15) is 46.8 Å². The molecule has 2 heterocycles. The minimum absolute atomic E-state index is 0.0241. The Kier molecular flexibility index (Phi) is 3.86. The zero-order valence-corrected chi connectivity index (χ0v) is 12.6. The number of aryl methyl sites for hydroxylation is 2. The molecular formula is C14H18N2OS2. The normalized spacial score (nSPS) is 16.3. The van der Waals surface area contributed by atoms with Crippen LogP contribution < -0.4 is 10.2 Å². The molecule has 5 heteroatoms. The SMILES string of the molecule is CC(NCc1csc(=O)[nH]1)c1cc2c(s1)CCCC2. The monoisotopic (exact) mass is 294 g/mol. The smallest absolute Gasteiger partial charge is 0.304 e. The molecule has 1 unspecified atom stereocenters. The van der Waals surface area contributed by atoms with E-state index >= 15 is 0 Å². The highest BCUT2D eigenvalue weighted by Crippen LogP contribution is 2.32. The fourth-order valence-corrected chi connectivity index (χ4v) is 4.36. The van der Waals surface area contributed by atoms with Crippen molar-refractivity contribution in [2.45, 2.75) is 45.2 Å². The van der Waals surface area contributed by atoms with Crippen LogP contribution in [0.15, 0.2) is 16.2 Å². The summed E-state index contributed by atoms with van der Waals surface area (Å²) >= 11 is 3.18. The zero-order chi connectivity index (χ0) is 13.2. The van der Waals surface area contributed by atoms with Crippen molar-refractivity contribution >= 4 is 22.7 Å². The highest BCUT2D eigenvalue weighted by molar-refractivity contribution is 7.12. The van der Waals surface area contributed by atoms with Crippen LogP contribution in [0.3, 0.4) is 0 Å². The molecule has 0 fully saturated rings. The average molecular weight is 294 g/mol. The quantitative estimate of drug-likeness (QED) is 0.909. The number of H-pyrrole nitrogens is 1. The molecule has 0 bridgehead atoms. The van der Waals surface area contributed by atoms with E-state index in [0.29, 0.717) is 6.04 Å². The van der Waals surface area contributed by atoms with E-state index in [1.165, 1.54) is 41.9 Å². The van der Waals surface area contributed by atoms with Gasteiger partial charge in [0.1, 0.15) is 0 Å². The first-order valence-electron chi connectivity index (χ1n) is 6.74. The summed E-state index contributed by atoms with van der Waals surface area (Å²) in [7, 11) is 0. The summed E-state index contributed by atoms with van der Waals surface area (Å²) in [6.45, 7) is 2.92. The van der Waals surface area contributed by atoms with Crippen molar-refractivity contribution in [3.8, 4) is 0 Å². The number of nitrogens with one attached hydrogen (secondary N) is 2. The second kappa shape index (κ2) is 5.61. The van der Waals surface area contributed by atoms with E-state index in [4.69, 9.17) is 0 Å². The largest absolute Gasteiger partial charge is 0.315 e. The number of fused-ring (bicyclic) bond motifs is 1. The number of aromatic nitrogens is 1. The van der Waals surface area contributed by atoms with E-state index in [2.05, 4.69) is 23.3 Å². The Bertz CT molecular complexity index is 587. The molecule has 2 aromatic rings. The first kappa shape index (κ1) is 13.1. The standard InChI is InChI=1S/C14H18N2OS2/c1-9(15-7-11-8-18-14(17)16-11)13-6-10-4-2-3-5-12(10)19-13/h6,8-9,15H,2-5,7H2,1H3,(H,16,17). The highest BCUT2D eigenvalue weighted by atomic mass is 32.1. The second-order valence-corrected chi connectivity index (χ2v) is 7.09. The van der Waals surface area contributed by atoms with Gasteiger partial charge in [-0.1, -0.05) is 11.3 Å².